The molecular formula is C25H24N2O5. The van der Waals surface area contributed by atoms with Crippen LogP contribution in [0.1, 0.15) is 29.6 Å². The fraction of sp³-hybridized carbons (Fsp3) is 0.200. The number of pyridine rings is 1. The van der Waals surface area contributed by atoms with Gasteiger partial charge in [0.05, 0.1) is 25.5 Å². The molecule has 1 N–H and O–H groups in total. The summed E-state index contributed by atoms with van der Waals surface area (Å²) >= 11 is 0. The lowest BCUT2D eigenvalue weighted by Crippen LogP contribution is -2.25. The first kappa shape index (κ1) is 21.2. The smallest absolute Gasteiger partial charge is 0.259 e. The zero-order chi connectivity index (χ0) is 22.3. The van der Waals surface area contributed by atoms with Crippen molar-refractivity contribution in [2.75, 3.05) is 14.2 Å². The molecule has 32 heavy (non-hydrogen) atoms. The molecule has 4 rings (SSSR count). The predicted molar refractivity (Wildman–Crippen MR) is 120 cm³/mol. The number of carbonyl (C=O) groups is 1. The number of allylic oxidation sites excluding steroid dienone is 4. The largest absolute Gasteiger partial charge is 0.497 e. The summed E-state index contributed by atoms with van der Waals surface area (Å²) in [7, 11) is 3.19. The molecule has 0 spiro atoms. The Bertz CT molecular complexity index is 1110. The Morgan fingerprint density at radius 2 is 2.06 bits per heavy atom. The molecule has 1 aromatic heterocycles. The average Bonchev–Trinajstić information content (AvgIpc) is 2.84. The second kappa shape index (κ2) is 9.87. The number of hydrogen-bond donors (Lipinski definition) is 1. The highest BCUT2D eigenvalue weighted by Gasteiger charge is 2.17. The Morgan fingerprint density at radius 1 is 1.16 bits per heavy atom. The number of aromatic nitrogens is 1. The number of amides is 1. The van der Waals surface area contributed by atoms with E-state index in [9.17, 15) is 4.79 Å². The summed E-state index contributed by atoms with van der Waals surface area (Å²) in [5.74, 6) is 1.88. The number of nitrogens with one attached hydrogen (secondary N) is 1. The van der Waals surface area contributed by atoms with Crippen LogP contribution in [0.15, 0.2) is 84.5 Å². The highest BCUT2D eigenvalue weighted by molar-refractivity contribution is 5.95. The molecule has 164 valence electrons. The van der Waals surface area contributed by atoms with E-state index in [1.807, 2.05) is 24.3 Å². The Hall–Kier alpha value is -4.00. The summed E-state index contributed by atoms with van der Waals surface area (Å²) in [4.78, 5) is 17.1. The first-order valence-electron chi connectivity index (χ1n) is 10.2. The van der Waals surface area contributed by atoms with Crippen LogP contribution in [-0.4, -0.2) is 25.1 Å². The van der Waals surface area contributed by atoms with Gasteiger partial charge in [0, 0.05) is 18.2 Å². The van der Waals surface area contributed by atoms with Crippen molar-refractivity contribution < 1.29 is 23.7 Å². The minimum absolute atomic E-state index is 0.234. The zero-order valence-electron chi connectivity index (χ0n) is 18.0. The monoisotopic (exact) mass is 432 g/mol. The topological polar surface area (TPSA) is 78.9 Å². The molecule has 0 bridgehead atoms. The summed E-state index contributed by atoms with van der Waals surface area (Å²) in [5.41, 5.74) is 3.07. The lowest BCUT2D eigenvalue weighted by atomic mass is 10.0. The highest BCUT2D eigenvalue weighted by Crippen LogP contribution is 2.32. The Kier molecular flexibility index (Phi) is 6.55. The summed E-state index contributed by atoms with van der Waals surface area (Å²) in [6.45, 7) is 0. The second-order valence-electron chi connectivity index (χ2n) is 7.23. The van der Waals surface area contributed by atoms with Gasteiger partial charge in [-0.2, -0.15) is 0 Å². The van der Waals surface area contributed by atoms with Gasteiger partial charge in [-0.1, -0.05) is 23.8 Å². The molecule has 0 unspecified atom stereocenters. The van der Waals surface area contributed by atoms with Crippen molar-refractivity contribution in [3.05, 3.63) is 90.1 Å². The standard InChI is InChI=1S/C25H24N2O5/c1-29-19-9-11-23(30-2)21(13-19)22-10-8-18(14-26-22)25(28)27-24-16-31-15-20(32-24)12-17-6-4-3-5-7-17/h3-4,6,8-11,13-16H,5,7,12H2,1-2H3,(H,27,28). The van der Waals surface area contributed by atoms with Crippen LogP contribution >= 0.6 is 0 Å². The fourth-order valence-electron chi connectivity index (χ4n) is 3.40. The summed E-state index contributed by atoms with van der Waals surface area (Å²) in [6.07, 6.45) is 13.3. The molecule has 2 aromatic rings. The van der Waals surface area contributed by atoms with Gasteiger partial charge in [0.25, 0.3) is 5.91 Å². The van der Waals surface area contributed by atoms with E-state index in [0.717, 1.165) is 18.4 Å². The van der Waals surface area contributed by atoms with Crippen molar-refractivity contribution >= 4 is 5.91 Å². The Balaban J connectivity index is 1.41. The average molecular weight is 432 g/mol. The van der Waals surface area contributed by atoms with Gasteiger partial charge in [0.2, 0.25) is 5.88 Å². The van der Waals surface area contributed by atoms with Crippen LogP contribution in [0.4, 0.5) is 0 Å². The van der Waals surface area contributed by atoms with Gasteiger partial charge in [-0.3, -0.25) is 15.1 Å². The molecule has 7 heteroatoms. The van der Waals surface area contributed by atoms with E-state index in [0.29, 0.717) is 34.9 Å². The van der Waals surface area contributed by atoms with Gasteiger partial charge in [-0.15, -0.1) is 0 Å². The molecule has 2 heterocycles. The molecule has 0 saturated carbocycles. The molecule has 1 aliphatic heterocycles. The second-order valence-corrected chi connectivity index (χ2v) is 7.23. The normalized spacial score (nSPS) is 14.9. The van der Waals surface area contributed by atoms with E-state index >= 15 is 0 Å². The first-order valence-corrected chi connectivity index (χ1v) is 10.2. The molecule has 1 aliphatic carbocycles. The van der Waals surface area contributed by atoms with Gasteiger partial charge in [0.15, 0.2) is 6.26 Å². The molecule has 0 saturated heterocycles. The third-order valence-electron chi connectivity index (χ3n) is 5.06. The van der Waals surface area contributed by atoms with Crippen molar-refractivity contribution in [2.24, 2.45) is 0 Å². The van der Waals surface area contributed by atoms with E-state index in [1.54, 1.807) is 32.6 Å². The maximum Gasteiger partial charge on any atom is 0.259 e. The molecular weight excluding hydrogens is 408 g/mol. The van der Waals surface area contributed by atoms with Crippen molar-refractivity contribution in [2.45, 2.75) is 19.3 Å². The summed E-state index contributed by atoms with van der Waals surface area (Å²) in [5, 5.41) is 2.72. The van der Waals surface area contributed by atoms with Crippen molar-refractivity contribution in [3.63, 3.8) is 0 Å². The van der Waals surface area contributed by atoms with Gasteiger partial charge in [0.1, 0.15) is 23.5 Å². The Morgan fingerprint density at radius 3 is 2.78 bits per heavy atom. The van der Waals surface area contributed by atoms with E-state index < -0.39 is 0 Å². The quantitative estimate of drug-likeness (QED) is 0.674. The minimum Gasteiger partial charge on any atom is -0.497 e. The van der Waals surface area contributed by atoms with E-state index in [-0.39, 0.29) is 11.8 Å². The number of ether oxygens (including phenoxy) is 4. The SMILES string of the molecule is COc1ccc(OC)c(-c2ccc(C(=O)NC3=COC=C(CC4=CC=CCC4)O3)cn2)c1. The molecule has 1 amide bonds. The van der Waals surface area contributed by atoms with Crippen molar-refractivity contribution in [1.82, 2.24) is 10.3 Å². The third-order valence-corrected chi connectivity index (χ3v) is 5.06. The minimum atomic E-state index is -0.349. The van der Waals surface area contributed by atoms with Crippen LogP contribution in [0.25, 0.3) is 11.3 Å². The summed E-state index contributed by atoms with van der Waals surface area (Å²) in [6, 6.07) is 8.91. The maximum absolute atomic E-state index is 12.7. The van der Waals surface area contributed by atoms with Crippen molar-refractivity contribution in [1.29, 1.82) is 0 Å². The van der Waals surface area contributed by atoms with Gasteiger partial charge in [-0.05, 0) is 43.2 Å². The molecule has 0 radical (unpaired) electrons. The van der Waals surface area contributed by atoms with Crippen LogP contribution in [0, 0.1) is 0 Å². The van der Waals surface area contributed by atoms with Crippen LogP contribution in [0.3, 0.4) is 0 Å². The molecule has 1 aromatic carbocycles. The van der Waals surface area contributed by atoms with Gasteiger partial charge in [-0.25, -0.2) is 0 Å². The lowest BCUT2D eigenvalue weighted by Gasteiger charge is -2.18. The van der Waals surface area contributed by atoms with Crippen molar-refractivity contribution in [3.8, 4) is 22.8 Å². The molecule has 2 aliphatic rings. The first-order chi connectivity index (χ1) is 15.7. The number of rotatable bonds is 7. The van der Waals surface area contributed by atoms with Crippen LogP contribution in [0.2, 0.25) is 0 Å². The summed E-state index contributed by atoms with van der Waals surface area (Å²) < 4.78 is 21.8. The van der Waals surface area contributed by atoms with Crippen LogP contribution < -0.4 is 14.8 Å². The molecule has 0 fully saturated rings. The van der Waals surface area contributed by atoms with E-state index in [4.69, 9.17) is 18.9 Å². The Labute approximate surface area is 186 Å². The van der Waals surface area contributed by atoms with Gasteiger partial charge < -0.3 is 18.9 Å². The van der Waals surface area contributed by atoms with E-state index in [1.165, 1.54) is 18.0 Å². The number of methoxy groups -OCH3 is 2. The van der Waals surface area contributed by atoms with Crippen LogP contribution in [-0.2, 0) is 9.47 Å². The highest BCUT2D eigenvalue weighted by atomic mass is 16.6. The maximum atomic E-state index is 12.7. The third kappa shape index (κ3) is 5.00. The molecule has 0 atom stereocenters. The fourth-order valence-corrected chi connectivity index (χ4v) is 3.40. The van der Waals surface area contributed by atoms with Crippen LogP contribution in [0.5, 0.6) is 11.5 Å². The lowest BCUT2D eigenvalue weighted by molar-refractivity contribution is 0.0922. The van der Waals surface area contributed by atoms with Gasteiger partial charge >= 0.3 is 0 Å². The number of benzene rings is 1. The predicted octanol–water partition coefficient (Wildman–Crippen LogP) is 4.85. The zero-order valence-corrected chi connectivity index (χ0v) is 18.0. The number of hydrogen-bond acceptors (Lipinski definition) is 6. The molecule has 7 nitrogen and oxygen atoms in total. The number of carbonyl (C=O) groups excluding carboxylic acids is 1. The number of nitrogens with zero attached hydrogens (tertiary/aromatic N) is 1. The van der Waals surface area contributed by atoms with E-state index in [2.05, 4.69) is 22.5 Å².